The third-order valence-corrected chi connectivity index (χ3v) is 4.15. The summed E-state index contributed by atoms with van der Waals surface area (Å²) in [5.41, 5.74) is 1.19. The van der Waals surface area contributed by atoms with Crippen LogP contribution in [0.25, 0.3) is 0 Å². The van der Waals surface area contributed by atoms with Crippen molar-refractivity contribution in [3.63, 3.8) is 0 Å². The molecule has 0 atom stereocenters. The number of nitrogens with one attached hydrogen (secondary N) is 1. The van der Waals surface area contributed by atoms with E-state index in [9.17, 15) is 9.59 Å². The molecule has 7 nitrogen and oxygen atoms in total. The molecule has 1 amide bonds. The average molecular weight is 343 g/mol. The Morgan fingerprint density at radius 3 is 2.72 bits per heavy atom. The first kappa shape index (κ1) is 17.0. The van der Waals surface area contributed by atoms with Crippen molar-refractivity contribution in [3.05, 3.63) is 51.9 Å². The second-order valence-corrected chi connectivity index (χ2v) is 5.92. The number of hydrogen-bond acceptors (Lipinski definition) is 5. The lowest BCUT2D eigenvalue weighted by molar-refractivity contribution is 0.0948. The van der Waals surface area contributed by atoms with Gasteiger partial charge in [0.25, 0.3) is 11.5 Å². The highest BCUT2D eigenvalue weighted by Crippen LogP contribution is 2.38. The van der Waals surface area contributed by atoms with Crippen molar-refractivity contribution < 1.29 is 14.3 Å². The number of carbonyl (C=O) groups excluding carboxylic acids is 1. The molecule has 1 fully saturated rings. The Morgan fingerprint density at radius 2 is 2.04 bits per heavy atom. The first-order chi connectivity index (χ1) is 12.1. The van der Waals surface area contributed by atoms with Gasteiger partial charge in [-0.3, -0.25) is 9.59 Å². The summed E-state index contributed by atoms with van der Waals surface area (Å²) in [4.78, 5) is 24.2. The van der Waals surface area contributed by atoms with Crippen LogP contribution in [0.3, 0.4) is 0 Å². The fourth-order valence-electron chi connectivity index (χ4n) is 2.58. The Hall–Kier alpha value is -2.83. The van der Waals surface area contributed by atoms with E-state index in [0.29, 0.717) is 36.1 Å². The highest BCUT2D eigenvalue weighted by Gasteiger charge is 2.25. The monoisotopic (exact) mass is 343 g/mol. The summed E-state index contributed by atoms with van der Waals surface area (Å²) in [6.07, 6.45) is 2.25. The van der Waals surface area contributed by atoms with Crippen LogP contribution >= 0.6 is 0 Å². The molecule has 1 aromatic heterocycles. The molecular formula is C18H21N3O4. The third kappa shape index (κ3) is 3.99. The minimum atomic E-state index is -0.272. The molecule has 0 aliphatic heterocycles. The second-order valence-electron chi connectivity index (χ2n) is 5.92. The van der Waals surface area contributed by atoms with E-state index >= 15 is 0 Å². The quantitative estimate of drug-likeness (QED) is 0.825. The summed E-state index contributed by atoms with van der Waals surface area (Å²) < 4.78 is 11.8. The Kier molecular flexibility index (Phi) is 5.02. The van der Waals surface area contributed by atoms with Gasteiger partial charge in [-0.1, -0.05) is 0 Å². The zero-order valence-corrected chi connectivity index (χ0v) is 14.3. The Bertz CT molecular complexity index is 827. The second kappa shape index (κ2) is 7.38. The van der Waals surface area contributed by atoms with Gasteiger partial charge in [0, 0.05) is 24.6 Å². The van der Waals surface area contributed by atoms with Crippen LogP contribution in [0.15, 0.2) is 35.1 Å². The Labute approximate surface area is 145 Å². The molecule has 0 unspecified atom stereocenters. The van der Waals surface area contributed by atoms with E-state index in [1.165, 1.54) is 17.9 Å². The molecule has 132 valence electrons. The molecule has 1 saturated carbocycles. The van der Waals surface area contributed by atoms with Crippen LogP contribution < -0.4 is 20.3 Å². The lowest BCUT2D eigenvalue weighted by Gasteiger charge is -2.11. The zero-order valence-electron chi connectivity index (χ0n) is 14.3. The molecule has 1 aliphatic carbocycles. The van der Waals surface area contributed by atoms with E-state index in [1.807, 2.05) is 0 Å². The lowest BCUT2D eigenvalue weighted by atomic mass is 10.1. The lowest BCUT2D eigenvalue weighted by Crippen LogP contribution is -2.32. The number of rotatable bonds is 7. The SMILES string of the molecule is COc1ccc(C(=O)NCCn2nc(C3CC3)ccc2=O)c(OC)c1. The van der Waals surface area contributed by atoms with Crippen LogP contribution in [0.5, 0.6) is 11.5 Å². The van der Waals surface area contributed by atoms with Crippen LogP contribution in [0.1, 0.15) is 34.8 Å². The highest BCUT2D eigenvalue weighted by molar-refractivity contribution is 5.97. The zero-order chi connectivity index (χ0) is 17.8. The molecule has 2 aromatic rings. The normalized spacial score (nSPS) is 13.4. The predicted octanol–water partition coefficient (Wildman–Crippen LogP) is 1.57. The van der Waals surface area contributed by atoms with Gasteiger partial charge >= 0.3 is 0 Å². The number of ether oxygens (including phenoxy) is 2. The number of amides is 1. The number of benzene rings is 1. The molecule has 25 heavy (non-hydrogen) atoms. The molecule has 1 aliphatic rings. The number of methoxy groups -OCH3 is 2. The minimum Gasteiger partial charge on any atom is -0.497 e. The number of carbonyl (C=O) groups is 1. The number of hydrogen-bond donors (Lipinski definition) is 1. The molecule has 0 spiro atoms. The van der Waals surface area contributed by atoms with Gasteiger partial charge in [-0.05, 0) is 31.0 Å². The third-order valence-electron chi connectivity index (χ3n) is 4.15. The van der Waals surface area contributed by atoms with Gasteiger partial charge in [-0.2, -0.15) is 5.10 Å². The van der Waals surface area contributed by atoms with Crippen molar-refractivity contribution in [2.75, 3.05) is 20.8 Å². The summed E-state index contributed by atoms with van der Waals surface area (Å²) in [7, 11) is 3.05. The molecular weight excluding hydrogens is 322 g/mol. The van der Waals surface area contributed by atoms with Crippen molar-refractivity contribution >= 4 is 5.91 Å². The molecule has 1 heterocycles. The van der Waals surface area contributed by atoms with E-state index in [0.717, 1.165) is 18.5 Å². The fourth-order valence-corrected chi connectivity index (χ4v) is 2.58. The molecule has 1 N–H and O–H groups in total. The van der Waals surface area contributed by atoms with E-state index in [1.54, 1.807) is 31.4 Å². The largest absolute Gasteiger partial charge is 0.497 e. The highest BCUT2D eigenvalue weighted by atomic mass is 16.5. The molecule has 1 aromatic carbocycles. The summed E-state index contributed by atoms with van der Waals surface area (Å²) in [5.74, 6) is 1.25. The van der Waals surface area contributed by atoms with Crippen LogP contribution in [0, 0.1) is 0 Å². The van der Waals surface area contributed by atoms with Crippen LogP contribution in [0.2, 0.25) is 0 Å². The molecule has 0 bridgehead atoms. The topological polar surface area (TPSA) is 82.5 Å². The summed E-state index contributed by atoms with van der Waals surface area (Å²) in [6.45, 7) is 0.624. The Morgan fingerprint density at radius 1 is 1.24 bits per heavy atom. The van der Waals surface area contributed by atoms with Crippen molar-refractivity contribution in [2.45, 2.75) is 25.3 Å². The van der Waals surface area contributed by atoms with Gasteiger partial charge in [-0.15, -0.1) is 0 Å². The van der Waals surface area contributed by atoms with Crippen molar-refractivity contribution in [2.24, 2.45) is 0 Å². The smallest absolute Gasteiger partial charge is 0.266 e. The number of aromatic nitrogens is 2. The van der Waals surface area contributed by atoms with Gasteiger partial charge in [0.05, 0.1) is 32.0 Å². The standard InChI is InChI=1S/C18H21N3O4/c1-24-13-5-6-14(16(11-13)25-2)18(23)19-9-10-21-17(22)8-7-15(20-21)12-3-4-12/h5-8,11-12H,3-4,9-10H2,1-2H3,(H,19,23). The van der Waals surface area contributed by atoms with E-state index in [4.69, 9.17) is 9.47 Å². The molecule has 7 heteroatoms. The maximum atomic E-state index is 12.3. The Balaban J connectivity index is 1.63. The van der Waals surface area contributed by atoms with E-state index < -0.39 is 0 Å². The van der Waals surface area contributed by atoms with Gasteiger partial charge in [0.1, 0.15) is 11.5 Å². The van der Waals surface area contributed by atoms with Crippen LogP contribution in [-0.4, -0.2) is 36.5 Å². The molecule has 0 saturated heterocycles. The number of nitrogens with zero attached hydrogens (tertiary/aromatic N) is 2. The maximum absolute atomic E-state index is 12.3. The summed E-state index contributed by atoms with van der Waals surface area (Å²) in [5, 5.41) is 7.16. The minimum absolute atomic E-state index is 0.166. The van der Waals surface area contributed by atoms with E-state index in [2.05, 4.69) is 10.4 Å². The van der Waals surface area contributed by atoms with E-state index in [-0.39, 0.29) is 11.5 Å². The van der Waals surface area contributed by atoms with Gasteiger partial charge in [0.15, 0.2) is 0 Å². The van der Waals surface area contributed by atoms with Crippen molar-refractivity contribution in [1.29, 1.82) is 0 Å². The predicted molar refractivity (Wildman–Crippen MR) is 92.4 cm³/mol. The molecule has 0 radical (unpaired) electrons. The summed E-state index contributed by atoms with van der Waals surface area (Å²) in [6, 6.07) is 8.32. The van der Waals surface area contributed by atoms with Gasteiger partial charge in [0.2, 0.25) is 0 Å². The maximum Gasteiger partial charge on any atom is 0.266 e. The molecule has 3 rings (SSSR count). The fraction of sp³-hybridized carbons (Fsp3) is 0.389. The van der Waals surface area contributed by atoms with Crippen LogP contribution in [-0.2, 0) is 6.54 Å². The van der Waals surface area contributed by atoms with Crippen molar-refractivity contribution in [3.8, 4) is 11.5 Å². The summed E-state index contributed by atoms with van der Waals surface area (Å²) >= 11 is 0. The van der Waals surface area contributed by atoms with Crippen molar-refractivity contribution in [1.82, 2.24) is 15.1 Å². The first-order valence-electron chi connectivity index (χ1n) is 8.20. The van der Waals surface area contributed by atoms with Gasteiger partial charge < -0.3 is 14.8 Å². The van der Waals surface area contributed by atoms with Crippen LogP contribution in [0.4, 0.5) is 0 Å². The average Bonchev–Trinajstić information content (AvgIpc) is 3.47. The van der Waals surface area contributed by atoms with Gasteiger partial charge in [-0.25, -0.2) is 4.68 Å². The first-order valence-corrected chi connectivity index (χ1v) is 8.20.